The fourth-order valence-corrected chi connectivity index (χ4v) is 2.55. The lowest BCUT2D eigenvalue weighted by Crippen LogP contribution is -2.26. The lowest BCUT2D eigenvalue weighted by molar-refractivity contribution is -0.131. The number of carbonyl (C=O) groups excluding carboxylic acids is 1. The van der Waals surface area contributed by atoms with Gasteiger partial charge >= 0.3 is 5.97 Å². The third-order valence-corrected chi connectivity index (χ3v) is 3.47. The Morgan fingerprint density at radius 2 is 1.86 bits per heavy atom. The number of amides is 1. The molecule has 0 aliphatic carbocycles. The first-order chi connectivity index (χ1) is 10.6. The highest BCUT2D eigenvalue weighted by Crippen LogP contribution is 2.39. The number of carbonyl (C=O) groups is 2. The molecule has 0 fully saturated rings. The summed E-state index contributed by atoms with van der Waals surface area (Å²) in [6.07, 6.45) is 0.825. The van der Waals surface area contributed by atoms with Crippen molar-refractivity contribution in [3.8, 4) is 0 Å². The summed E-state index contributed by atoms with van der Waals surface area (Å²) in [5, 5.41) is 8.92. The molecule has 0 radical (unpaired) electrons. The van der Waals surface area contributed by atoms with Crippen LogP contribution in [-0.4, -0.2) is 17.0 Å². The minimum Gasteiger partial charge on any atom is -0.478 e. The predicted molar refractivity (Wildman–Crippen MR) is 79.6 cm³/mol. The van der Waals surface area contributed by atoms with Crippen molar-refractivity contribution in [2.45, 2.75) is 6.54 Å². The number of carboxylic acid groups (broad SMARTS) is 1. The zero-order valence-corrected chi connectivity index (χ0v) is 11.5. The van der Waals surface area contributed by atoms with Crippen LogP contribution in [0.1, 0.15) is 11.1 Å². The van der Waals surface area contributed by atoms with Gasteiger partial charge in [-0.2, -0.15) is 0 Å². The fourth-order valence-electron chi connectivity index (χ4n) is 2.55. The van der Waals surface area contributed by atoms with E-state index in [0.717, 1.165) is 11.6 Å². The summed E-state index contributed by atoms with van der Waals surface area (Å²) in [7, 11) is 0. The van der Waals surface area contributed by atoms with Crippen LogP contribution in [0.15, 0.2) is 54.6 Å². The van der Waals surface area contributed by atoms with Crippen LogP contribution in [0.25, 0.3) is 5.57 Å². The van der Waals surface area contributed by atoms with Gasteiger partial charge in [0, 0.05) is 11.6 Å². The molecule has 22 heavy (non-hydrogen) atoms. The highest BCUT2D eigenvalue weighted by atomic mass is 19.1. The number of fused-ring (bicyclic) bond motifs is 1. The van der Waals surface area contributed by atoms with Crippen LogP contribution in [0, 0.1) is 5.82 Å². The minimum absolute atomic E-state index is 0.00192. The van der Waals surface area contributed by atoms with E-state index in [4.69, 9.17) is 5.11 Å². The standard InChI is InChI=1S/C17H12FNO3/c18-14-8-4-7-12-13(9-15(20)21)17(22)19(16(12)14)10-11-5-2-1-3-6-11/h1-9H,10H2,(H,20,21)/b13-9+. The van der Waals surface area contributed by atoms with Gasteiger partial charge in [-0.05, 0) is 11.6 Å². The average Bonchev–Trinajstić information content (AvgIpc) is 2.75. The number of halogens is 1. The molecular formula is C17H12FNO3. The number of aliphatic carboxylic acids is 1. The summed E-state index contributed by atoms with van der Waals surface area (Å²) in [6.45, 7) is 0.185. The Bertz CT molecular complexity index is 784. The van der Waals surface area contributed by atoms with E-state index in [2.05, 4.69) is 0 Å². The molecule has 1 aliphatic rings. The number of rotatable bonds is 3. The average molecular weight is 297 g/mol. The molecule has 0 saturated heterocycles. The summed E-state index contributed by atoms with van der Waals surface area (Å²) >= 11 is 0. The van der Waals surface area contributed by atoms with Crippen molar-refractivity contribution in [2.75, 3.05) is 4.90 Å². The molecule has 3 rings (SSSR count). The number of hydrogen-bond acceptors (Lipinski definition) is 2. The number of benzene rings is 2. The SMILES string of the molecule is O=C(O)/C=C1/C(=O)N(Cc2ccccc2)c2c(F)cccc21. The lowest BCUT2D eigenvalue weighted by Gasteiger charge is -2.17. The highest BCUT2D eigenvalue weighted by Gasteiger charge is 2.35. The molecule has 0 spiro atoms. The maximum Gasteiger partial charge on any atom is 0.329 e. The second-order valence-electron chi connectivity index (χ2n) is 4.91. The van der Waals surface area contributed by atoms with Crippen LogP contribution in [0.5, 0.6) is 0 Å². The smallest absolute Gasteiger partial charge is 0.329 e. The fraction of sp³-hybridized carbons (Fsp3) is 0.0588. The summed E-state index contributed by atoms with van der Waals surface area (Å²) in [5.74, 6) is -2.29. The largest absolute Gasteiger partial charge is 0.478 e. The Kier molecular flexibility index (Phi) is 3.47. The molecule has 1 aliphatic heterocycles. The van der Waals surface area contributed by atoms with Gasteiger partial charge in [-0.1, -0.05) is 42.5 Å². The number of para-hydroxylation sites is 1. The van der Waals surface area contributed by atoms with E-state index < -0.39 is 17.7 Å². The summed E-state index contributed by atoms with van der Waals surface area (Å²) in [6, 6.07) is 13.4. The van der Waals surface area contributed by atoms with Crippen molar-refractivity contribution < 1.29 is 19.1 Å². The lowest BCUT2D eigenvalue weighted by atomic mass is 10.1. The first-order valence-corrected chi connectivity index (χ1v) is 6.67. The number of hydrogen-bond donors (Lipinski definition) is 1. The van der Waals surface area contributed by atoms with Gasteiger partial charge in [0.1, 0.15) is 5.82 Å². The van der Waals surface area contributed by atoms with Gasteiger partial charge in [0.15, 0.2) is 0 Å². The Labute approximate surface area is 126 Å². The molecule has 5 heteroatoms. The number of anilines is 1. The second-order valence-corrected chi connectivity index (χ2v) is 4.91. The maximum atomic E-state index is 14.2. The predicted octanol–water partition coefficient (Wildman–Crippen LogP) is 2.84. The Hall–Kier alpha value is -2.95. The van der Waals surface area contributed by atoms with Gasteiger partial charge in [-0.25, -0.2) is 9.18 Å². The van der Waals surface area contributed by atoms with E-state index in [-0.39, 0.29) is 17.8 Å². The van der Waals surface area contributed by atoms with Crippen LogP contribution < -0.4 is 4.90 Å². The Morgan fingerprint density at radius 3 is 2.55 bits per heavy atom. The number of nitrogens with zero attached hydrogens (tertiary/aromatic N) is 1. The molecule has 2 aromatic rings. The van der Waals surface area contributed by atoms with Crippen molar-refractivity contribution >= 4 is 23.1 Å². The van der Waals surface area contributed by atoms with E-state index in [9.17, 15) is 14.0 Å². The quantitative estimate of drug-likeness (QED) is 0.886. The van der Waals surface area contributed by atoms with Gasteiger partial charge in [0.05, 0.1) is 17.8 Å². The highest BCUT2D eigenvalue weighted by molar-refractivity contribution is 6.34. The van der Waals surface area contributed by atoms with Crippen LogP contribution in [-0.2, 0) is 16.1 Å². The van der Waals surface area contributed by atoms with Crippen LogP contribution in [0.3, 0.4) is 0 Å². The topological polar surface area (TPSA) is 57.6 Å². The van der Waals surface area contributed by atoms with Crippen LogP contribution in [0.2, 0.25) is 0 Å². The summed E-state index contributed by atoms with van der Waals surface area (Å²) < 4.78 is 14.2. The van der Waals surface area contributed by atoms with E-state index in [0.29, 0.717) is 5.56 Å². The van der Waals surface area contributed by atoms with E-state index in [1.807, 2.05) is 30.3 Å². The molecule has 0 bridgehead atoms. The Morgan fingerprint density at radius 1 is 1.14 bits per heavy atom. The molecule has 0 saturated carbocycles. The van der Waals surface area contributed by atoms with Gasteiger partial charge < -0.3 is 10.0 Å². The van der Waals surface area contributed by atoms with Gasteiger partial charge in [0.25, 0.3) is 5.91 Å². The molecule has 110 valence electrons. The zero-order valence-electron chi connectivity index (χ0n) is 11.5. The first kappa shape index (κ1) is 14.0. The van der Waals surface area contributed by atoms with Crippen molar-refractivity contribution in [1.82, 2.24) is 0 Å². The zero-order chi connectivity index (χ0) is 15.7. The van der Waals surface area contributed by atoms with E-state index in [1.54, 1.807) is 6.07 Å². The molecule has 1 heterocycles. The normalized spacial score (nSPS) is 15.2. The van der Waals surface area contributed by atoms with Gasteiger partial charge in [0.2, 0.25) is 0 Å². The van der Waals surface area contributed by atoms with Crippen molar-refractivity contribution in [3.05, 3.63) is 71.6 Å². The summed E-state index contributed by atoms with van der Waals surface area (Å²) in [4.78, 5) is 24.7. The van der Waals surface area contributed by atoms with Gasteiger partial charge in [-0.3, -0.25) is 4.79 Å². The van der Waals surface area contributed by atoms with Crippen LogP contribution in [0.4, 0.5) is 10.1 Å². The van der Waals surface area contributed by atoms with Crippen molar-refractivity contribution in [3.63, 3.8) is 0 Å². The third kappa shape index (κ3) is 2.37. The van der Waals surface area contributed by atoms with Crippen molar-refractivity contribution in [2.24, 2.45) is 0 Å². The maximum absolute atomic E-state index is 14.2. The van der Waals surface area contributed by atoms with Crippen LogP contribution >= 0.6 is 0 Å². The van der Waals surface area contributed by atoms with Crippen molar-refractivity contribution in [1.29, 1.82) is 0 Å². The molecule has 0 atom stereocenters. The third-order valence-electron chi connectivity index (χ3n) is 3.47. The van der Waals surface area contributed by atoms with E-state index >= 15 is 0 Å². The van der Waals surface area contributed by atoms with Gasteiger partial charge in [-0.15, -0.1) is 0 Å². The molecule has 0 unspecified atom stereocenters. The first-order valence-electron chi connectivity index (χ1n) is 6.67. The Balaban J connectivity index is 2.09. The second kappa shape index (κ2) is 5.44. The molecule has 4 nitrogen and oxygen atoms in total. The number of carboxylic acids is 1. The molecule has 1 amide bonds. The molecule has 2 aromatic carbocycles. The molecule has 0 aromatic heterocycles. The minimum atomic E-state index is -1.24. The molecule has 1 N–H and O–H groups in total. The van der Waals surface area contributed by atoms with E-state index in [1.165, 1.54) is 17.0 Å². The molecular weight excluding hydrogens is 285 g/mol. The monoisotopic (exact) mass is 297 g/mol. The summed E-state index contributed by atoms with van der Waals surface area (Å²) in [5.41, 5.74) is 1.27.